The normalized spacial score (nSPS) is 11.6. The van der Waals surface area contributed by atoms with E-state index in [1.165, 1.54) is 0 Å². The van der Waals surface area contributed by atoms with Crippen molar-refractivity contribution in [1.82, 2.24) is 5.32 Å². The van der Waals surface area contributed by atoms with Crippen LogP contribution in [0.1, 0.15) is 5.56 Å². The molecule has 0 aromatic heterocycles. The third-order valence-electron chi connectivity index (χ3n) is 2.80. The first-order valence-electron chi connectivity index (χ1n) is 5.51. The summed E-state index contributed by atoms with van der Waals surface area (Å²) in [7, 11) is 1.55. The van der Waals surface area contributed by atoms with E-state index in [4.69, 9.17) is 16.3 Å². The van der Waals surface area contributed by atoms with Crippen LogP contribution in [0.5, 0.6) is 5.75 Å². The number of methoxy groups -OCH3 is 1. The van der Waals surface area contributed by atoms with E-state index < -0.39 is 5.54 Å². The number of benzene rings is 1. The van der Waals surface area contributed by atoms with Gasteiger partial charge in [-0.25, -0.2) is 0 Å². The van der Waals surface area contributed by atoms with Crippen LogP contribution in [0.2, 0.25) is 5.02 Å². The van der Waals surface area contributed by atoms with Gasteiger partial charge in [-0.05, 0) is 18.2 Å². The Bertz CT molecular complexity index is 374. The lowest BCUT2D eigenvalue weighted by Crippen LogP contribution is -2.54. The molecule has 1 aromatic rings. The Morgan fingerprint density at radius 1 is 1.22 bits per heavy atom. The second kappa shape index (κ2) is 6.92. The van der Waals surface area contributed by atoms with E-state index in [1.54, 1.807) is 25.3 Å². The second-order valence-corrected chi connectivity index (χ2v) is 4.50. The molecule has 0 aliphatic carbocycles. The van der Waals surface area contributed by atoms with Gasteiger partial charge in [-0.15, -0.1) is 0 Å². The highest BCUT2D eigenvalue weighted by atomic mass is 35.5. The number of halogens is 1. The van der Waals surface area contributed by atoms with Crippen molar-refractivity contribution in [2.75, 3.05) is 26.9 Å². The zero-order valence-corrected chi connectivity index (χ0v) is 10.9. The molecule has 0 saturated heterocycles. The summed E-state index contributed by atoms with van der Waals surface area (Å²) in [5.41, 5.74) is -0.336. The summed E-state index contributed by atoms with van der Waals surface area (Å²) >= 11 is 5.89. The van der Waals surface area contributed by atoms with Crippen molar-refractivity contribution in [3.05, 3.63) is 28.8 Å². The van der Waals surface area contributed by atoms with Crippen LogP contribution < -0.4 is 10.1 Å². The molecule has 0 fully saturated rings. The van der Waals surface area contributed by atoms with Crippen LogP contribution in [0.3, 0.4) is 0 Å². The van der Waals surface area contributed by atoms with E-state index in [2.05, 4.69) is 5.32 Å². The molecule has 0 spiro atoms. The summed E-state index contributed by atoms with van der Waals surface area (Å²) in [6.45, 7) is -0.805. The molecule has 102 valence electrons. The van der Waals surface area contributed by atoms with Crippen LogP contribution in [0.25, 0.3) is 0 Å². The summed E-state index contributed by atoms with van der Waals surface area (Å²) in [5.74, 6) is 0.648. The highest BCUT2D eigenvalue weighted by Gasteiger charge is 2.27. The van der Waals surface area contributed by atoms with Crippen LogP contribution in [-0.4, -0.2) is 47.8 Å². The lowest BCUT2D eigenvalue weighted by molar-refractivity contribution is 0.0412. The largest absolute Gasteiger partial charge is 0.496 e. The van der Waals surface area contributed by atoms with Crippen LogP contribution in [0.4, 0.5) is 0 Å². The molecule has 1 aromatic carbocycles. The van der Waals surface area contributed by atoms with Crippen molar-refractivity contribution in [2.24, 2.45) is 0 Å². The molecule has 1 rings (SSSR count). The van der Waals surface area contributed by atoms with E-state index in [9.17, 15) is 15.3 Å². The fourth-order valence-electron chi connectivity index (χ4n) is 1.49. The molecular weight excluding hydrogens is 258 g/mol. The van der Waals surface area contributed by atoms with Gasteiger partial charge >= 0.3 is 0 Å². The first-order chi connectivity index (χ1) is 8.60. The summed E-state index contributed by atoms with van der Waals surface area (Å²) in [6, 6.07) is 5.17. The monoisotopic (exact) mass is 275 g/mol. The Morgan fingerprint density at radius 2 is 1.83 bits per heavy atom. The quantitative estimate of drug-likeness (QED) is 0.570. The average molecular weight is 276 g/mol. The van der Waals surface area contributed by atoms with Gasteiger partial charge in [0.1, 0.15) is 5.75 Å². The second-order valence-electron chi connectivity index (χ2n) is 4.06. The van der Waals surface area contributed by atoms with Gasteiger partial charge in [0.15, 0.2) is 0 Å². The molecule has 0 unspecified atom stereocenters. The van der Waals surface area contributed by atoms with Crippen molar-refractivity contribution < 1.29 is 20.1 Å². The van der Waals surface area contributed by atoms with Crippen molar-refractivity contribution in [3.63, 3.8) is 0 Å². The maximum Gasteiger partial charge on any atom is 0.123 e. The van der Waals surface area contributed by atoms with Gasteiger partial charge in [0.25, 0.3) is 0 Å². The van der Waals surface area contributed by atoms with Gasteiger partial charge in [-0.3, -0.25) is 0 Å². The third kappa shape index (κ3) is 3.57. The molecule has 6 heteroatoms. The predicted octanol–water partition coefficient (Wildman–Crippen LogP) is 0.154. The standard InChI is InChI=1S/C12H18ClNO4/c1-18-11-3-2-10(13)4-9(11)5-14-12(6-15,7-16)8-17/h2-4,14-17H,5-8H2,1H3. The van der Waals surface area contributed by atoms with E-state index >= 15 is 0 Å². The molecule has 0 atom stereocenters. The fourth-order valence-corrected chi connectivity index (χ4v) is 1.68. The number of rotatable bonds is 7. The molecule has 0 heterocycles. The van der Waals surface area contributed by atoms with E-state index in [1.807, 2.05) is 0 Å². The number of aliphatic hydroxyl groups is 3. The Labute approximate surface area is 111 Å². The first kappa shape index (κ1) is 15.2. The zero-order chi connectivity index (χ0) is 13.6. The molecular formula is C12H18ClNO4. The molecule has 4 N–H and O–H groups in total. The number of nitrogens with one attached hydrogen (secondary N) is 1. The van der Waals surface area contributed by atoms with Gasteiger partial charge in [0.05, 0.1) is 32.5 Å². The molecule has 0 aliphatic heterocycles. The Morgan fingerprint density at radius 3 is 2.33 bits per heavy atom. The van der Waals surface area contributed by atoms with Crippen molar-refractivity contribution in [1.29, 1.82) is 0 Å². The van der Waals surface area contributed by atoms with E-state index in [0.29, 0.717) is 17.3 Å². The van der Waals surface area contributed by atoms with Crippen molar-refractivity contribution in [2.45, 2.75) is 12.1 Å². The molecule has 5 nitrogen and oxygen atoms in total. The maximum absolute atomic E-state index is 9.20. The molecule has 0 saturated carbocycles. The molecule has 0 aliphatic rings. The SMILES string of the molecule is COc1ccc(Cl)cc1CNC(CO)(CO)CO. The minimum Gasteiger partial charge on any atom is -0.496 e. The highest BCUT2D eigenvalue weighted by Crippen LogP contribution is 2.23. The van der Waals surface area contributed by atoms with E-state index in [-0.39, 0.29) is 19.8 Å². The summed E-state index contributed by atoms with van der Waals surface area (Å²) in [6.07, 6.45) is 0. The Hall–Kier alpha value is -0.850. The van der Waals surface area contributed by atoms with Crippen LogP contribution in [0.15, 0.2) is 18.2 Å². The minimum absolute atomic E-state index is 0.311. The molecule has 0 bridgehead atoms. The van der Waals surface area contributed by atoms with E-state index in [0.717, 1.165) is 5.56 Å². The van der Waals surface area contributed by atoms with Gasteiger partial charge in [-0.2, -0.15) is 0 Å². The van der Waals surface area contributed by atoms with Crippen LogP contribution in [-0.2, 0) is 6.54 Å². The summed E-state index contributed by atoms with van der Waals surface area (Å²) < 4.78 is 5.18. The zero-order valence-electron chi connectivity index (χ0n) is 10.2. The maximum atomic E-state index is 9.20. The van der Waals surface area contributed by atoms with Crippen LogP contribution >= 0.6 is 11.6 Å². The number of hydrogen-bond donors (Lipinski definition) is 4. The molecule has 18 heavy (non-hydrogen) atoms. The number of aliphatic hydroxyl groups excluding tert-OH is 3. The van der Waals surface area contributed by atoms with Gasteiger partial charge < -0.3 is 25.4 Å². The summed E-state index contributed by atoms with van der Waals surface area (Å²) in [4.78, 5) is 0. The highest BCUT2D eigenvalue weighted by molar-refractivity contribution is 6.30. The topological polar surface area (TPSA) is 82.0 Å². The predicted molar refractivity (Wildman–Crippen MR) is 68.8 cm³/mol. The van der Waals surface area contributed by atoms with Gasteiger partial charge in [0.2, 0.25) is 0 Å². The third-order valence-corrected chi connectivity index (χ3v) is 3.04. The molecule has 0 amide bonds. The Kier molecular flexibility index (Phi) is 5.84. The Balaban J connectivity index is 2.81. The number of ether oxygens (including phenoxy) is 1. The average Bonchev–Trinajstić information content (AvgIpc) is 2.41. The van der Waals surface area contributed by atoms with Gasteiger partial charge in [-0.1, -0.05) is 11.6 Å². The summed E-state index contributed by atoms with van der Waals surface area (Å²) in [5, 5.41) is 31.1. The molecule has 0 radical (unpaired) electrons. The lowest BCUT2D eigenvalue weighted by atomic mass is 10.0. The van der Waals surface area contributed by atoms with Crippen molar-refractivity contribution >= 4 is 11.6 Å². The fraction of sp³-hybridized carbons (Fsp3) is 0.500. The van der Waals surface area contributed by atoms with Crippen LogP contribution in [0, 0.1) is 0 Å². The van der Waals surface area contributed by atoms with Gasteiger partial charge in [0, 0.05) is 17.1 Å². The smallest absolute Gasteiger partial charge is 0.123 e. The first-order valence-corrected chi connectivity index (χ1v) is 5.88. The minimum atomic E-state index is -1.12. The number of hydrogen-bond acceptors (Lipinski definition) is 5. The van der Waals surface area contributed by atoms with Crippen molar-refractivity contribution in [3.8, 4) is 5.75 Å². The lowest BCUT2D eigenvalue weighted by Gasteiger charge is -2.29.